The second kappa shape index (κ2) is 6.59. The van der Waals surface area contributed by atoms with Gasteiger partial charge in [-0.1, -0.05) is 6.92 Å². The molecular formula is C12H22N2O3. The smallest absolute Gasteiger partial charge is 0.225 e. The Morgan fingerprint density at radius 2 is 2.35 bits per heavy atom. The first-order chi connectivity index (χ1) is 8.08. The summed E-state index contributed by atoms with van der Waals surface area (Å²) >= 11 is 0. The van der Waals surface area contributed by atoms with Crippen molar-refractivity contribution in [2.24, 2.45) is 5.92 Å². The summed E-state index contributed by atoms with van der Waals surface area (Å²) in [4.78, 5) is 25.2. The summed E-state index contributed by atoms with van der Waals surface area (Å²) in [6, 6.07) is 0.172. The van der Waals surface area contributed by atoms with Gasteiger partial charge in [-0.05, 0) is 13.3 Å². The van der Waals surface area contributed by atoms with Gasteiger partial charge in [-0.2, -0.15) is 0 Å². The molecule has 1 saturated heterocycles. The molecule has 5 heteroatoms. The van der Waals surface area contributed by atoms with Gasteiger partial charge in [-0.25, -0.2) is 0 Å². The molecule has 0 saturated carbocycles. The fraction of sp³-hybridized carbons (Fsp3) is 0.833. The van der Waals surface area contributed by atoms with Gasteiger partial charge < -0.3 is 15.0 Å². The monoisotopic (exact) mass is 242 g/mol. The van der Waals surface area contributed by atoms with E-state index in [0.717, 1.165) is 6.42 Å². The Morgan fingerprint density at radius 3 is 2.94 bits per heavy atom. The molecule has 0 unspecified atom stereocenters. The van der Waals surface area contributed by atoms with Crippen LogP contribution in [0.25, 0.3) is 0 Å². The first-order valence-corrected chi connectivity index (χ1v) is 6.15. The van der Waals surface area contributed by atoms with Gasteiger partial charge in [0.15, 0.2) is 0 Å². The van der Waals surface area contributed by atoms with Crippen molar-refractivity contribution in [3.05, 3.63) is 0 Å². The second-order valence-electron chi connectivity index (χ2n) is 4.55. The predicted molar refractivity (Wildman–Crippen MR) is 64.5 cm³/mol. The third kappa shape index (κ3) is 4.00. The number of carbonyl (C=O) groups excluding carboxylic acids is 2. The third-order valence-electron chi connectivity index (χ3n) is 3.15. The molecule has 2 amide bonds. The van der Waals surface area contributed by atoms with E-state index in [1.807, 2.05) is 13.8 Å². The van der Waals surface area contributed by atoms with Gasteiger partial charge in [0.1, 0.15) is 0 Å². The SMILES string of the molecule is CC[C@H](C)NC(=O)[C@@H]1CC(=O)N(CCOC)C1. The number of hydrogen-bond donors (Lipinski definition) is 1. The molecule has 0 aliphatic carbocycles. The highest BCUT2D eigenvalue weighted by Gasteiger charge is 2.34. The minimum absolute atomic E-state index is 0.00684. The molecule has 0 spiro atoms. The van der Waals surface area contributed by atoms with Gasteiger partial charge in [0.05, 0.1) is 12.5 Å². The van der Waals surface area contributed by atoms with Crippen LogP contribution in [0.4, 0.5) is 0 Å². The summed E-state index contributed by atoms with van der Waals surface area (Å²) in [5.41, 5.74) is 0. The van der Waals surface area contributed by atoms with E-state index in [9.17, 15) is 9.59 Å². The maximum atomic E-state index is 11.9. The minimum atomic E-state index is -0.201. The number of nitrogens with one attached hydrogen (secondary N) is 1. The number of ether oxygens (including phenoxy) is 1. The van der Waals surface area contributed by atoms with Crippen molar-refractivity contribution in [1.29, 1.82) is 0 Å². The van der Waals surface area contributed by atoms with Gasteiger partial charge in [0.2, 0.25) is 11.8 Å². The van der Waals surface area contributed by atoms with Crippen molar-refractivity contribution in [2.75, 3.05) is 26.8 Å². The van der Waals surface area contributed by atoms with Crippen LogP contribution in [0.15, 0.2) is 0 Å². The van der Waals surface area contributed by atoms with Crippen LogP contribution < -0.4 is 5.32 Å². The van der Waals surface area contributed by atoms with Crippen LogP contribution in [-0.2, 0) is 14.3 Å². The van der Waals surface area contributed by atoms with Gasteiger partial charge in [-0.3, -0.25) is 9.59 Å². The molecule has 98 valence electrons. The zero-order chi connectivity index (χ0) is 12.8. The largest absolute Gasteiger partial charge is 0.383 e. The van der Waals surface area contributed by atoms with Crippen molar-refractivity contribution >= 4 is 11.8 Å². The Labute approximate surface area is 102 Å². The van der Waals surface area contributed by atoms with Gasteiger partial charge in [-0.15, -0.1) is 0 Å². The number of amides is 2. The topological polar surface area (TPSA) is 58.6 Å². The number of likely N-dealkylation sites (tertiary alicyclic amines) is 1. The molecule has 1 rings (SSSR count). The molecular weight excluding hydrogens is 220 g/mol. The fourth-order valence-electron chi connectivity index (χ4n) is 1.83. The number of hydrogen-bond acceptors (Lipinski definition) is 3. The maximum Gasteiger partial charge on any atom is 0.225 e. The minimum Gasteiger partial charge on any atom is -0.383 e. The Hall–Kier alpha value is -1.10. The number of nitrogens with zero attached hydrogens (tertiary/aromatic N) is 1. The van der Waals surface area contributed by atoms with Crippen LogP contribution in [0.1, 0.15) is 26.7 Å². The second-order valence-corrected chi connectivity index (χ2v) is 4.55. The summed E-state index contributed by atoms with van der Waals surface area (Å²) in [6.07, 6.45) is 1.23. The lowest BCUT2D eigenvalue weighted by Gasteiger charge is -2.17. The van der Waals surface area contributed by atoms with Crippen molar-refractivity contribution in [3.8, 4) is 0 Å². The third-order valence-corrected chi connectivity index (χ3v) is 3.15. The van der Waals surface area contributed by atoms with E-state index < -0.39 is 0 Å². The van der Waals surface area contributed by atoms with Crippen LogP contribution in [-0.4, -0.2) is 49.6 Å². The lowest BCUT2D eigenvalue weighted by Crippen LogP contribution is -2.38. The van der Waals surface area contributed by atoms with Crippen LogP contribution in [0.2, 0.25) is 0 Å². The Bertz CT molecular complexity index is 281. The van der Waals surface area contributed by atoms with Crippen LogP contribution in [0.5, 0.6) is 0 Å². The van der Waals surface area contributed by atoms with Crippen molar-refractivity contribution in [1.82, 2.24) is 10.2 Å². The fourth-order valence-corrected chi connectivity index (χ4v) is 1.83. The van der Waals surface area contributed by atoms with Crippen molar-refractivity contribution < 1.29 is 14.3 Å². The zero-order valence-corrected chi connectivity index (χ0v) is 10.9. The summed E-state index contributed by atoms with van der Waals surface area (Å²) in [7, 11) is 1.60. The molecule has 0 aromatic rings. The summed E-state index contributed by atoms with van der Waals surface area (Å²) < 4.78 is 4.94. The molecule has 1 aliphatic rings. The standard InChI is InChI=1S/C12H22N2O3/c1-4-9(2)13-12(16)10-7-11(15)14(8-10)5-6-17-3/h9-10H,4-8H2,1-3H3,(H,13,16)/t9-,10+/m0/s1. The number of carbonyl (C=O) groups is 2. The molecule has 1 N–H and O–H groups in total. The average molecular weight is 242 g/mol. The normalized spacial score (nSPS) is 21.7. The molecule has 0 radical (unpaired) electrons. The zero-order valence-electron chi connectivity index (χ0n) is 10.9. The molecule has 0 aromatic heterocycles. The predicted octanol–water partition coefficient (Wildman–Crippen LogP) is 0.396. The first-order valence-electron chi connectivity index (χ1n) is 6.15. The van der Waals surface area contributed by atoms with Gasteiger partial charge in [0.25, 0.3) is 0 Å². The van der Waals surface area contributed by atoms with Crippen molar-refractivity contribution in [3.63, 3.8) is 0 Å². The lowest BCUT2D eigenvalue weighted by atomic mass is 10.1. The average Bonchev–Trinajstić information content (AvgIpc) is 2.68. The molecule has 1 fully saturated rings. The first kappa shape index (κ1) is 14.0. The molecule has 5 nitrogen and oxygen atoms in total. The van der Waals surface area contributed by atoms with Crippen LogP contribution in [0.3, 0.4) is 0 Å². The van der Waals surface area contributed by atoms with E-state index in [-0.39, 0.29) is 23.8 Å². The Balaban J connectivity index is 2.42. The highest BCUT2D eigenvalue weighted by molar-refractivity contribution is 5.89. The van der Waals surface area contributed by atoms with E-state index in [2.05, 4.69) is 5.32 Å². The molecule has 0 bridgehead atoms. The van der Waals surface area contributed by atoms with E-state index in [1.54, 1.807) is 12.0 Å². The molecule has 1 heterocycles. The van der Waals surface area contributed by atoms with Gasteiger partial charge in [0, 0.05) is 32.7 Å². The van der Waals surface area contributed by atoms with E-state index in [1.165, 1.54) is 0 Å². The highest BCUT2D eigenvalue weighted by atomic mass is 16.5. The number of methoxy groups -OCH3 is 1. The van der Waals surface area contributed by atoms with Gasteiger partial charge >= 0.3 is 0 Å². The summed E-state index contributed by atoms with van der Waals surface area (Å²) in [5, 5.41) is 2.92. The quantitative estimate of drug-likeness (QED) is 0.733. The molecule has 2 atom stereocenters. The Kier molecular flexibility index (Phi) is 5.41. The Morgan fingerprint density at radius 1 is 1.65 bits per heavy atom. The molecule has 17 heavy (non-hydrogen) atoms. The summed E-state index contributed by atoms with van der Waals surface area (Å²) in [5.74, 6) is -0.160. The molecule has 0 aromatic carbocycles. The van der Waals surface area contributed by atoms with E-state index in [0.29, 0.717) is 26.1 Å². The maximum absolute atomic E-state index is 11.9. The highest BCUT2D eigenvalue weighted by Crippen LogP contribution is 2.17. The van der Waals surface area contributed by atoms with Crippen LogP contribution >= 0.6 is 0 Å². The van der Waals surface area contributed by atoms with Crippen molar-refractivity contribution in [2.45, 2.75) is 32.7 Å². The van der Waals surface area contributed by atoms with E-state index in [4.69, 9.17) is 4.74 Å². The lowest BCUT2D eigenvalue weighted by molar-refractivity contribution is -0.129. The van der Waals surface area contributed by atoms with Crippen LogP contribution in [0, 0.1) is 5.92 Å². The molecule has 1 aliphatic heterocycles. The summed E-state index contributed by atoms with van der Waals surface area (Å²) in [6.45, 7) is 5.60. The number of rotatable bonds is 6. The van der Waals surface area contributed by atoms with E-state index >= 15 is 0 Å².